The van der Waals surface area contributed by atoms with E-state index in [4.69, 9.17) is 37.8 Å². The van der Waals surface area contributed by atoms with E-state index in [2.05, 4.69) is 59.5 Å². The van der Waals surface area contributed by atoms with Gasteiger partial charge in [-0.15, -0.1) is 29.1 Å². The Morgan fingerprint density at radius 2 is 1.46 bits per heavy atom. The van der Waals surface area contributed by atoms with Crippen LogP contribution in [0.15, 0.2) is 113 Å². The number of hydrogen-bond acceptors (Lipinski definition) is 26. The van der Waals surface area contributed by atoms with Crippen molar-refractivity contribution in [1.82, 2.24) is 15.0 Å². The Kier molecular flexibility index (Phi) is 16.6. The second kappa shape index (κ2) is 21.4. The molecule has 0 unspecified atom stereocenters. The number of azo groups is 2. The van der Waals surface area contributed by atoms with Gasteiger partial charge < -0.3 is 21.7 Å². The highest BCUT2D eigenvalue weighted by atomic mass is 35.5. The maximum atomic E-state index is 12.8. The summed E-state index contributed by atoms with van der Waals surface area (Å²) in [6, 6.07) is 16.5. The summed E-state index contributed by atoms with van der Waals surface area (Å²) in [5.41, 5.74) is 10.2. The second-order valence-electron chi connectivity index (χ2n) is 11.7. The highest BCUT2D eigenvalue weighted by Crippen LogP contribution is 2.44. The molecule has 0 aliphatic carbocycles. The van der Waals surface area contributed by atoms with E-state index in [0.29, 0.717) is 30.7 Å². The standard InChI is InChI=1S/C31H30ClN11O15S5/c1-2-43(18-6-4-3-5-7-18)31-37-29(32)36-30(38-31)35-17-8-11-23(59-57-55-44)21(14-17)40-42-28-26(33)22(16-25(27(28)34)63(51,52)53)41-39-20-10-9-19(15-24(20)62(48,49)50)61(46,47)13-12-54-60-58-56-45/h3-11,14-16,44-45H,2,12-13,33-34H2,1H3,(H,48,49,50)(H,51,52,53)(H,35,36,37,38). The van der Waals surface area contributed by atoms with E-state index in [1.54, 1.807) is 4.90 Å². The average Bonchev–Trinajstić information content (AvgIpc) is 3.22. The predicted octanol–water partition coefficient (Wildman–Crippen LogP) is 7.12. The lowest BCUT2D eigenvalue weighted by atomic mass is 10.2. The molecule has 336 valence electrons. The van der Waals surface area contributed by atoms with Gasteiger partial charge in [0.2, 0.25) is 17.2 Å². The van der Waals surface area contributed by atoms with Gasteiger partial charge in [0.05, 0.1) is 45.6 Å². The maximum Gasteiger partial charge on any atom is 0.296 e. The fourth-order valence-electron chi connectivity index (χ4n) is 5.07. The van der Waals surface area contributed by atoms with Crippen LogP contribution in [0.25, 0.3) is 0 Å². The highest BCUT2D eigenvalue weighted by Gasteiger charge is 2.25. The summed E-state index contributed by atoms with van der Waals surface area (Å²) in [6.07, 6.45) is 0. The molecule has 0 saturated carbocycles. The minimum Gasteiger partial charge on any atom is -0.396 e. The van der Waals surface area contributed by atoms with Crippen LogP contribution in [-0.4, -0.2) is 78.7 Å². The minimum absolute atomic E-state index is 0.000854. The molecule has 0 aliphatic rings. The molecule has 0 aliphatic heterocycles. The zero-order valence-corrected chi connectivity index (χ0v) is 36.3. The molecule has 4 aromatic carbocycles. The number of anilines is 6. The van der Waals surface area contributed by atoms with Crippen molar-refractivity contribution in [2.24, 2.45) is 20.5 Å². The first kappa shape index (κ1) is 48.8. The molecule has 5 aromatic rings. The van der Waals surface area contributed by atoms with Gasteiger partial charge in [-0.25, -0.2) is 18.9 Å². The molecule has 0 saturated heterocycles. The van der Waals surface area contributed by atoms with E-state index in [1.807, 2.05) is 37.3 Å². The molecule has 32 heteroatoms. The average molecular weight is 992 g/mol. The van der Waals surface area contributed by atoms with Crippen molar-refractivity contribution < 1.29 is 67.8 Å². The van der Waals surface area contributed by atoms with Crippen molar-refractivity contribution >= 4 is 123 Å². The Bertz CT molecular complexity index is 2850. The minimum atomic E-state index is -5.20. The van der Waals surface area contributed by atoms with Gasteiger partial charge in [0.1, 0.15) is 32.5 Å². The molecule has 0 atom stereocenters. The largest absolute Gasteiger partial charge is 0.396 e. The Morgan fingerprint density at radius 1 is 0.778 bits per heavy atom. The normalized spacial score (nSPS) is 12.3. The van der Waals surface area contributed by atoms with E-state index in [-0.39, 0.29) is 45.8 Å². The quantitative estimate of drug-likeness (QED) is 0.00731. The summed E-state index contributed by atoms with van der Waals surface area (Å²) in [5.74, 6) is -0.520. The Balaban J connectivity index is 1.53. The van der Waals surface area contributed by atoms with Gasteiger partial charge in [0.25, 0.3) is 20.2 Å². The lowest BCUT2D eigenvalue weighted by molar-refractivity contribution is -0.434. The number of hydrogen-bond donors (Lipinski definition) is 7. The van der Waals surface area contributed by atoms with Gasteiger partial charge >= 0.3 is 0 Å². The lowest BCUT2D eigenvalue weighted by Gasteiger charge is -2.21. The van der Waals surface area contributed by atoms with Gasteiger partial charge in [-0.05, 0) is 73.1 Å². The summed E-state index contributed by atoms with van der Waals surface area (Å²) in [4.78, 5) is 12.1. The molecular weight excluding hydrogens is 962 g/mol. The van der Waals surface area contributed by atoms with Crippen LogP contribution in [0.4, 0.5) is 57.4 Å². The molecule has 1 heterocycles. The number of nitrogen functional groups attached to an aromatic ring is 2. The van der Waals surface area contributed by atoms with Crippen molar-refractivity contribution in [1.29, 1.82) is 0 Å². The Hall–Kier alpha value is -5.23. The van der Waals surface area contributed by atoms with Crippen molar-refractivity contribution in [2.45, 2.75) is 26.5 Å². The lowest BCUT2D eigenvalue weighted by Crippen LogP contribution is -2.19. The number of nitrogens with two attached hydrogens (primary N) is 2. The zero-order chi connectivity index (χ0) is 46.0. The molecule has 26 nitrogen and oxygen atoms in total. The van der Waals surface area contributed by atoms with Crippen molar-refractivity contribution in [3.63, 3.8) is 0 Å². The van der Waals surface area contributed by atoms with Crippen LogP contribution in [-0.2, 0) is 53.0 Å². The van der Waals surface area contributed by atoms with E-state index in [9.17, 15) is 34.4 Å². The van der Waals surface area contributed by atoms with Crippen molar-refractivity contribution in [2.75, 3.05) is 40.6 Å². The Labute approximate surface area is 370 Å². The molecule has 1 aromatic heterocycles. The summed E-state index contributed by atoms with van der Waals surface area (Å²) < 4.78 is 108. The maximum absolute atomic E-state index is 12.8. The summed E-state index contributed by atoms with van der Waals surface area (Å²) >= 11 is 6.82. The number of aromatic nitrogens is 3. The van der Waals surface area contributed by atoms with E-state index >= 15 is 0 Å². The number of halogens is 1. The van der Waals surface area contributed by atoms with E-state index in [1.165, 1.54) is 18.2 Å². The van der Waals surface area contributed by atoms with Crippen LogP contribution in [0.3, 0.4) is 0 Å². The third kappa shape index (κ3) is 12.9. The van der Waals surface area contributed by atoms with Crippen LogP contribution in [0.2, 0.25) is 5.28 Å². The number of sulfone groups is 1. The fourth-order valence-corrected chi connectivity index (χ4v) is 8.43. The third-order valence-corrected chi connectivity index (χ3v) is 12.5. The number of benzene rings is 4. The van der Waals surface area contributed by atoms with E-state index < -0.39 is 85.6 Å². The highest BCUT2D eigenvalue weighted by molar-refractivity contribution is 7.94. The third-order valence-electron chi connectivity index (χ3n) is 7.82. The topological polar surface area (TPSA) is 385 Å². The molecular formula is C31H30ClN11O15S5. The number of rotatable bonds is 21. The van der Waals surface area contributed by atoms with Crippen molar-refractivity contribution in [3.8, 4) is 0 Å². The van der Waals surface area contributed by atoms with Crippen LogP contribution in [0.1, 0.15) is 6.92 Å². The summed E-state index contributed by atoms with van der Waals surface area (Å²) in [6.45, 7) is 1.82. The summed E-state index contributed by atoms with van der Waals surface area (Å²) in [5, 5.41) is 42.4. The number of nitrogens with zero attached hydrogens (tertiary/aromatic N) is 8. The molecule has 0 fully saturated rings. The van der Waals surface area contributed by atoms with E-state index in [0.717, 1.165) is 17.8 Å². The van der Waals surface area contributed by atoms with Gasteiger partial charge in [-0.2, -0.15) is 31.8 Å². The van der Waals surface area contributed by atoms with Crippen LogP contribution in [0, 0.1) is 0 Å². The molecule has 0 spiro atoms. The summed E-state index contributed by atoms with van der Waals surface area (Å²) in [7, 11) is -14.6. The van der Waals surface area contributed by atoms with Crippen molar-refractivity contribution in [3.05, 3.63) is 78.1 Å². The fraction of sp³-hybridized carbons (Fsp3) is 0.129. The molecule has 9 N–H and O–H groups in total. The van der Waals surface area contributed by atoms with Gasteiger partial charge in [0.15, 0.2) is 22.2 Å². The molecule has 0 amide bonds. The number of para-hydroxylation sites is 1. The molecule has 0 bridgehead atoms. The Morgan fingerprint density at radius 3 is 2.13 bits per heavy atom. The zero-order valence-electron chi connectivity index (χ0n) is 31.5. The van der Waals surface area contributed by atoms with Gasteiger partial charge in [-0.1, -0.05) is 28.3 Å². The SMILES string of the molecule is CCN(c1ccccc1)c1nc(Cl)nc(Nc2ccc(SOOO)c(N=Nc3c(N)c(N=Nc4ccc(S(=O)(=O)CCOSOOO)cc4S(=O)(=O)O)cc(S(=O)(=O)O)c3N)c2)n1. The number of nitrogens with one attached hydrogen (secondary N) is 1. The first-order valence-electron chi connectivity index (χ1n) is 16.8. The van der Waals surface area contributed by atoms with Gasteiger partial charge in [-0.3, -0.25) is 13.3 Å². The van der Waals surface area contributed by atoms with Crippen LogP contribution in [0.5, 0.6) is 0 Å². The van der Waals surface area contributed by atoms with Gasteiger partial charge in [0, 0.05) is 17.9 Å². The monoisotopic (exact) mass is 991 g/mol. The predicted molar refractivity (Wildman–Crippen MR) is 224 cm³/mol. The van der Waals surface area contributed by atoms with Crippen LogP contribution >= 0.6 is 36.0 Å². The first-order valence-corrected chi connectivity index (χ1v) is 23.1. The molecule has 5 rings (SSSR count). The second-order valence-corrected chi connectivity index (χ2v) is 18.2. The smallest absolute Gasteiger partial charge is 0.296 e. The molecule has 63 heavy (non-hydrogen) atoms. The molecule has 0 radical (unpaired) electrons. The first-order chi connectivity index (χ1) is 29.9. The van der Waals surface area contributed by atoms with Crippen LogP contribution < -0.4 is 21.7 Å².